The lowest BCUT2D eigenvalue weighted by Crippen LogP contribution is -2.22. The number of benzene rings is 3. The summed E-state index contributed by atoms with van der Waals surface area (Å²) in [6, 6.07) is 17.6. The summed E-state index contributed by atoms with van der Waals surface area (Å²) in [5, 5.41) is 2.16. The second kappa shape index (κ2) is 6.64. The molecule has 26 heavy (non-hydrogen) atoms. The Morgan fingerprint density at radius 3 is 2.42 bits per heavy atom. The summed E-state index contributed by atoms with van der Waals surface area (Å²) in [5.74, 6) is 1.21. The van der Waals surface area contributed by atoms with E-state index in [1.807, 2.05) is 54.6 Å². The quantitative estimate of drug-likeness (QED) is 0.669. The predicted molar refractivity (Wildman–Crippen MR) is 103 cm³/mol. The second-order valence-electron chi connectivity index (χ2n) is 6.24. The fourth-order valence-electron chi connectivity index (χ4n) is 3.38. The molecule has 0 unspecified atom stereocenters. The van der Waals surface area contributed by atoms with Crippen LogP contribution >= 0.6 is 0 Å². The van der Waals surface area contributed by atoms with E-state index in [9.17, 15) is 4.79 Å². The molecule has 3 aromatic carbocycles. The van der Waals surface area contributed by atoms with Crippen molar-refractivity contribution in [2.75, 3.05) is 20.8 Å². The summed E-state index contributed by atoms with van der Waals surface area (Å²) >= 11 is 0. The van der Waals surface area contributed by atoms with Crippen LogP contribution in [0.25, 0.3) is 10.8 Å². The minimum absolute atomic E-state index is 0.0658. The van der Waals surface area contributed by atoms with Gasteiger partial charge < -0.3 is 9.47 Å². The minimum Gasteiger partial charge on any atom is -0.493 e. The average molecular weight is 345 g/mol. The highest BCUT2D eigenvalue weighted by Crippen LogP contribution is 2.33. The van der Waals surface area contributed by atoms with E-state index >= 15 is 0 Å². The van der Waals surface area contributed by atoms with Crippen LogP contribution < -0.4 is 9.47 Å². The molecular weight excluding hydrogens is 326 g/mol. The molecule has 0 spiro atoms. The van der Waals surface area contributed by atoms with Crippen molar-refractivity contribution < 1.29 is 14.3 Å². The van der Waals surface area contributed by atoms with Crippen LogP contribution in [0.15, 0.2) is 59.6 Å². The third kappa shape index (κ3) is 2.73. The Morgan fingerprint density at radius 2 is 1.65 bits per heavy atom. The van der Waals surface area contributed by atoms with Gasteiger partial charge in [-0.25, -0.2) is 0 Å². The summed E-state index contributed by atoms with van der Waals surface area (Å²) in [6.07, 6.45) is 0.782. The first-order valence-corrected chi connectivity index (χ1v) is 8.54. The molecule has 4 rings (SSSR count). The zero-order valence-electron chi connectivity index (χ0n) is 14.8. The number of carbonyl (C=O) groups is 1. The first-order valence-electron chi connectivity index (χ1n) is 8.54. The molecule has 4 nitrogen and oxygen atoms in total. The number of fused-ring (bicyclic) bond motifs is 2. The molecule has 0 amide bonds. The van der Waals surface area contributed by atoms with E-state index in [2.05, 4.69) is 4.99 Å². The maximum atomic E-state index is 13.2. The number of rotatable bonds is 4. The van der Waals surface area contributed by atoms with E-state index in [1.54, 1.807) is 14.2 Å². The van der Waals surface area contributed by atoms with Gasteiger partial charge in [-0.15, -0.1) is 0 Å². The lowest BCUT2D eigenvalue weighted by Gasteiger charge is -2.19. The number of nitrogens with zero attached hydrogens (tertiary/aromatic N) is 1. The first kappa shape index (κ1) is 16.3. The summed E-state index contributed by atoms with van der Waals surface area (Å²) in [4.78, 5) is 17.7. The minimum atomic E-state index is -0.0658. The highest BCUT2D eigenvalue weighted by atomic mass is 16.5. The molecule has 1 heterocycles. The fraction of sp³-hybridized carbons (Fsp3) is 0.182. The Bertz CT molecular complexity index is 1040. The summed E-state index contributed by atoms with van der Waals surface area (Å²) in [7, 11) is 3.21. The second-order valence-corrected chi connectivity index (χ2v) is 6.24. The van der Waals surface area contributed by atoms with Crippen LogP contribution in [0.3, 0.4) is 0 Å². The first-order chi connectivity index (χ1) is 12.7. The van der Waals surface area contributed by atoms with Gasteiger partial charge in [0.15, 0.2) is 11.5 Å². The van der Waals surface area contributed by atoms with E-state index in [1.165, 1.54) is 0 Å². The van der Waals surface area contributed by atoms with Crippen LogP contribution in [0, 0.1) is 0 Å². The normalized spacial score (nSPS) is 13.1. The highest BCUT2D eigenvalue weighted by Gasteiger charge is 2.24. The number of ketones is 1. The molecule has 1 aliphatic rings. The lowest BCUT2D eigenvalue weighted by atomic mass is 9.91. The summed E-state index contributed by atoms with van der Waals surface area (Å²) < 4.78 is 10.8. The van der Waals surface area contributed by atoms with Gasteiger partial charge in [-0.3, -0.25) is 9.79 Å². The number of ether oxygens (including phenoxy) is 2. The standard InChI is InChI=1S/C22H19NO3/c1-25-19-12-16-9-10-23-21(18(16)13-20(19)26-2)22(24)17-8-7-14-5-3-4-6-15(14)11-17/h3-8,11-13H,9-10H2,1-2H3. The van der Waals surface area contributed by atoms with Crippen LogP contribution in [0.5, 0.6) is 11.5 Å². The van der Waals surface area contributed by atoms with Crippen LogP contribution in [0.1, 0.15) is 21.5 Å². The number of aliphatic imine (C=N–C) groups is 1. The maximum Gasteiger partial charge on any atom is 0.211 e. The molecule has 0 saturated heterocycles. The van der Waals surface area contributed by atoms with Crippen molar-refractivity contribution in [1.29, 1.82) is 0 Å². The fourth-order valence-corrected chi connectivity index (χ4v) is 3.38. The van der Waals surface area contributed by atoms with Crippen molar-refractivity contribution in [2.24, 2.45) is 4.99 Å². The number of hydrogen-bond donors (Lipinski definition) is 0. The molecule has 130 valence electrons. The number of methoxy groups -OCH3 is 2. The van der Waals surface area contributed by atoms with Gasteiger partial charge in [0, 0.05) is 17.7 Å². The molecule has 0 saturated carbocycles. The van der Waals surface area contributed by atoms with Crippen molar-refractivity contribution in [3.8, 4) is 11.5 Å². The molecule has 0 atom stereocenters. The van der Waals surface area contributed by atoms with Gasteiger partial charge in [0.25, 0.3) is 0 Å². The van der Waals surface area contributed by atoms with Crippen molar-refractivity contribution in [2.45, 2.75) is 6.42 Å². The molecule has 0 aliphatic carbocycles. The van der Waals surface area contributed by atoms with Crippen molar-refractivity contribution in [3.05, 3.63) is 71.3 Å². The van der Waals surface area contributed by atoms with Gasteiger partial charge in [-0.1, -0.05) is 36.4 Å². The summed E-state index contributed by atoms with van der Waals surface area (Å²) in [5.41, 5.74) is 3.02. The molecule has 4 heteroatoms. The van der Waals surface area contributed by atoms with Gasteiger partial charge in [-0.2, -0.15) is 0 Å². The van der Waals surface area contributed by atoms with Crippen LogP contribution in [-0.2, 0) is 6.42 Å². The summed E-state index contributed by atoms with van der Waals surface area (Å²) in [6.45, 7) is 0.594. The van der Waals surface area contributed by atoms with E-state index in [0.29, 0.717) is 29.3 Å². The molecule has 0 aromatic heterocycles. The van der Waals surface area contributed by atoms with Gasteiger partial charge in [0.05, 0.1) is 14.2 Å². The SMILES string of the molecule is COc1cc2c(cc1OC)C(C(=O)c1ccc3ccccc3c1)=NCC2. The van der Waals surface area contributed by atoms with Gasteiger partial charge in [0.2, 0.25) is 5.78 Å². The molecule has 0 radical (unpaired) electrons. The molecule has 0 fully saturated rings. The van der Waals surface area contributed by atoms with Gasteiger partial charge in [-0.05, 0) is 41.0 Å². The Labute approximate surface area is 152 Å². The Hall–Kier alpha value is -3.14. The average Bonchev–Trinajstić information content (AvgIpc) is 2.71. The Balaban J connectivity index is 1.78. The molecular formula is C22H19NO3. The van der Waals surface area contributed by atoms with E-state index in [0.717, 1.165) is 28.3 Å². The monoisotopic (exact) mass is 345 g/mol. The third-order valence-electron chi connectivity index (χ3n) is 4.74. The van der Waals surface area contributed by atoms with Crippen molar-refractivity contribution >= 4 is 22.3 Å². The van der Waals surface area contributed by atoms with Gasteiger partial charge >= 0.3 is 0 Å². The number of Topliss-reactive ketones (excluding diaryl/α,β-unsaturated/α-hetero) is 1. The number of hydrogen-bond acceptors (Lipinski definition) is 4. The largest absolute Gasteiger partial charge is 0.493 e. The molecule has 1 aliphatic heterocycles. The molecule has 0 N–H and O–H groups in total. The third-order valence-corrected chi connectivity index (χ3v) is 4.74. The van der Waals surface area contributed by atoms with Crippen LogP contribution in [0.4, 0.5) is 0 Å². The lowest BCUT2D eigenvalue weighted by molar-refractivity contribution is 0.106. The maximum absolute atomic E-state index is 13.2. The van der Waals surface area contributed by atoms with Gasteiger partial charge in [0.1, 0.15) is 5.71 Å². The topological polar surface area (TPSA) is 47.9 Å². The van der Waals surface area contributed by atoms with Crippen LogP contribution in [0.2, 0.25) is 0 Å². The Kier molecular flexibility index (Phi) is 4.17. The number of carbonyl (C=O) groups excluding carboxylic acids is 1. The van der Waals surface area contributed by atoms with Crippen molar-refractivity contribution in [3.63, 3.8) is 0 Å². The van der Waals surface area contributed by atoms with Crippen LogP contribution in [-0.4, -0.2) is 32.3 Å². The smallest absolute Gasteiger partial charge is 0.211 e. The molecule has 3 aromatic rings. The Morgan fingerprint density at radius 1 is 0.923 bits per heavy atom. The van der Waals surface area contributed by atoms with E-state index in [4.69, 9.17) is 9.47 Å². The van der Waals surface area contributed by atoms with E-state index < -0.39 is 0 Å². The predicted octanol–water partition coefficient (Wildman–Crippen LogP) is 4.09. The van der Waals surface area contributed by atoms with Crippen molar-refractivity contribution in [1.82, 2.24) is 0 Å². The van der Waals surface area contributed by atoms with E-state index in [-0.39, 0.29) is 5.78 Å². The molecule has 0 bridgehead atoms. The zero-order valence-corrected chi connectivity index (χ0v) is 14.8. The zero-order chi connectivity index (χ0) is 18.1. The highest BCUT2D eigenvalue weighted by molar-refractivity contribution is 6.52.